The molecule has 0 saturated carbocycles. The first-order chi connectivity index (χ1) is 8.79. The lowest BCUT2D eigenvalue weighted by molar-refractivity contribution is -0.125. The minimum absolute atomic E-state index is 0. The molecule has 1 heterocycles. The number of hydrogen-bond donors (Lipinski definition) is 2. The molecule has 1 atom stereocenters. The molecule has 2 N–H and O–H groups in total. The van der Waals surface area contributed by atoms with Gasteiger partial charge < -0.3 is 10.6 Å². The normalized spacial score (nSPS) is 18.5. The topological polar surface area (TPSA) is 41.1 Å². The highest BCUT2D eigenvalue weighted by Gasteiger charge is 2.20. The second-order valence-corrected chi connectivity index (χ2v) is 5.49. The molecule has 1 amide bonds. The lowest BCUT2D eigenvalue weighted by atomic mass is 9.99. The molecular weight excluding hydrogens is 280 g/mol. The van der Waals surface area contributed by atoms with Gasteiger partial charge in [-0.1, -0.05) is 12.1 Å². The van der Waals surface area contributed by atoms with Crippen LogP contribution in [0, 0.1) is 5.92 Å². The Kier molecular flexibility index (Phi) is 7.28. The number of carbonyl (C=O) groups excluding carboxylic acids is 1. The van der Waals surface area contributed by atoms with Crippen molar-refractivity contribution >= 4 is 30.1 Å². The van der Waals surface area contributed by atoms with Crippen molar-refractivity contribution in [2.45, 2.75) is 24.3 Å². The fraction of sp³-hybridized carbons (Fsp3) is 0.500. The molecule has 19 heavy (non-hydrogen) atoms. The van der Waals surface area contributed by atoms with E-state index in [2.05, 4.69) is 41.2 Å². The maximum Gasteiger partial charge on any atom is 0.224 e. The van der Waals surface area contributed by atoms with Crippen molar-refractivity contribution in [3.05, 3.63) is 29.8 Å². The van der Waals surface area contributed by atoms with Crippen LogP contribution in [0.15, 0.2) is 29.2 Å². The zero-order valence-corrected chi connectivity index (χ0v) is 12.8. The van der Waals surface area contributed by atoms with E-state index < -0.39 is 0 Å². The Bertz CT molecular complexity index is 391. The number of benzene rings is 1. The number of amides is 1. The summed E-state index contributed by atoms with van der Waals surface area (Å²) in [5.41, 5.74) is 1.16. The third kappa shape index (κ3) is 5.05. The molecule has 106 valence electrons. The standard InChI is InChI=1S/C14H20N2OS.ClH/c1-18-13-6-4-11(5-7-13)9-16-14(17)12-3-2-8-15-10-12;/h4-7,12,15H,2-3,8-10H2,1H3,(H,16,17);1H. The summed E-state index contributed by atoms with van der Waals surface area (Å²) in [7, 11) is 0. The van der Waals surface area contributed by atoms with Gasteiger partial charge in [0.05, 0.1) is 5.92 Å². The van der Waals surface area contributed by atoms with Crippen LogP contribution in [-0.2, 0) is 11.3 Å². The summed E-state index contributed by atoms with van der Waals surface area (Å²) in [4.78, 5) is 13.2. The average molecular weight is 301 g/mol. The molecule has 0 aliphatic carbocycles. The maximum atomic E-state index is 11.9. The van der Waals surface area contributed by atoms with Gasteiger partial charge in [-0.2, -0.15) is 0 Å². The van der Waals surface area contributed by atoms with Gasteiger partial charge in [0.1, 0.15) is 0 Å². The van der Waals surface area contributed by atoms with Gasteiger partial charge in [0.2, 0.25) is 5.91 Å². The average Bonchev–Trinajstić information content (AvgIpc) is 2.46. The van der Waals surface area contributed by atoms with Crippen molar-refractivity contribution in [3.63, 3.8) is 0 Å². The predicted octanol–water partition coefficient (Wildman–Crippen LogP) is 2.45. The third-order valence-electron chi connectivity index (χ3n) is 3.29. The largest absolute Gasteiger partial charge is 0.352 e. The van der Waals surface area contributed by atoms with E-state index >= 15 is 0 Å². The number of piperidine rings is 1. The Balaban J connectivity index is 0.00000180. The molecule has 2 rings (SSSR count). The van der Waals surface area contributed by atoms with E-state index in [-0.39, 0.29) is 24.2 Å². The molecule has 0 bridgehead atoms. The number of halogens is 1. The van der Waals surface area contributed by atoms with Crippen molar-refractivity contribution < 1.29 is 4.79 Å². The van der Waals surface area contributed by atoms with Crippen LogP contribution in [-0.4, -0.2) is 25.3 Å². The number of carbonyl (C=O) groups is 1. The van der Waals surface area contributed by atoms with Crippen molar-refractivity contribution in [2.24, 2.45) is 5.92 Å². The van der Waals surface area contributed by atoms with Gasteiger partial charge in [-0.3, -0.25) is 4.79 Å². The highest BCUT2D eigenvalue weighted by Crippen LogP contribution is 2.15. The van der Waals surface area contributed by atoms with E-state index in [0.29, 0.717) is 6.54 Å². The molecule has 1 fully saturated rings. The zero-order valence-electron chi connectivity index (χ0n) is 11.1. The monoisotopic (exact) mass is 300 g/mol. The summed E-state index contributed by atoms with van der Waals surface area (Å²) < 4.78 is 0. The number of rotatable bonds is 4. The Hall–Kier alpha value is -0.710. The minimum Gasteiger partial charge on any atom is -0.352 e. The fourth-order valence-corrected chi connectivity index (χ4v) is 2.56. The summed E-state index contributed by atoms with van der Waals surface area (Å²) in [6.45, 7) is 2.49. The van der Waals surface area contributed by atoms with Crippen molar-refractivity contribution in [1.82, 2.24) is 10.6 Å². The highest BCUT2D eigenvalue weighted by atomic mass is 35.5. The van der Waals surface area contributed by atoms with Gasteiger partial charge >= 0.3 is 0 Å². The van der Waals surface area contributed by atoms with Crippen LogP contribution in [0.4, 0.5) is 0 Å². The quantitative estimate of drug-likeness (QED) is 0.839. The van der Waals surface area contributed by atoms with Crippen molar-refractivity contribution in [2.75, 3.05) is 19.3 Å². The van der Waals surface area contributed by atoms with Gasteiger partial charge in [0, 0.05) is 18.0 Å². The number of thioether (sulfide) groups is 1. The van der Waals surface area contributed by atoms with Gasteiger partial charge in [-0.05, 0) is 43.3 Å². The van der Waals surface area contributed by atoms with Gasteiger partial charge in [0.25, 0.3) is 0 Å². The van der Waals surface area contributed by atoms with Gasteiger partial charge in [-0.15, -0.1) is 24.2 Å². The molecule has 1 aromatic rings. The third-order valence-corrected chi connectivity index (χ3v) is 4.04. The number of hydrogen-bond acceptors (Lipinski definition) is 3. The smallest absolute Gasteiger partial charge is 0.224 e. The lowest BCUT2D eigenvalue weighted by Crippen LogP contribution is -2.40. The summed E-state index contributed by atoms with van der Waals surface area (Å²) in [6, 6.07) is 8.33. The Morgan fingerprint density at radius 2 is 2.16 bits per heavy atom. The first kappa shape index (κ1) is 16.3. The molecule has 3 nitrogen and oxygen atoms in total. The van der Waals surface area contributed by atoms with E-state index in [4.69, 9.17) is 0 Å². The van der Waals surface area contributed by atoms with Crippen LogP contribution >= 0.6 is 24.2 Å². The molecule has 1 saturated heterocycles. The Morgan fingerprint density at radius 1 is 1.42 bits per heavy atom. The van der Waals surface area contributed by atoms with Crippen LogP contribution in [0.1, 0.15) is 18.4 Å². The maximum absolute atomic E-state index is 11.9. The van der Waals surface area contributed by atoms with E-state index in [1.807, 2.05) is 0 Å². The molecule has 1 aliphatic heterocycles. The fourth-order valence-electron chi connectivity index (χ4n) is 2.15. The van der Waals surface area contributed by atoms with E-state index in [1.54, 1.807) is 11.8 Å². The highest BCUT2D eigenvalue weighted by molar-refractivity contribution is 7.98. The van der Waals surface area contributed by atoms with Crippen LogP contribution in [0.5, 0.6) is 0 Å². The van der Waals surface area contributed by atoms with Crippen molar-refractivity contribution in [1.29, 1.82) is 0 Å². The molecule has 1 aliphatic rings. The Morgan fingerprint density at radius 3 is 2.74 bits per heavy atom. The van der Waals surface area contributed by atoms with Gasteiger partial charge in [0.15, 0.2) is 0 Å². The molecule has 0 aromatic heterocycles. The molecule has 0 spiro atoms. The van der Waals surface area contributed by atoms with Crippen LogP contribution in [0.2, 0.25) is 0 Å². The summed E-state index contributed by atoms with van der Waals surface area (Å²) in [6.07, 6.45) is 4.16. The Labute approximate surface area is 125 Å². The molecule has 1 aromatic carbocycles. The van der Waals surface area contributed by atoms with E-state index in [9.17, 15) is 4.79 Å². The first-order valence-corrected chi connectivity index (χ1v) is 7.63. The summed E-state index contributed by atoms with van der Waals surface area (Å²) in [5, 5.41) is 6.29. The molecule has 1 unspecified atom stereocenters. The minimum atomic E-state index is 0. The van der Waals surface area contributed by atoms with E-state index in [1.165, 1.54) is 4.90 Å². The second-order valence-electron chi connectivity index (χ2n) is 4.61. The first-order valence-electron chi connectivity index (χ1n) is 6.41. The summed E-state index contributed by atoms with van der Waals surface area (Å²) in [5.74, 6) is 0.320. The second kappa shape index (κ2) is 8.46. The van der Waals surface area contributed by atoms with Crippen LogP contribution in [0.3, 0.4) is 0 Å². The molecular formula is C14H21ClN2OS. The molecule has 5 heteroatoms. The number of nitrogens with one attached hydrogen (secondary N) is 2. The van der Waals surface area contributed by atoms with Gasteiger partial charge in [-0.25, -0.2) is 0 Å². The zero-order chi connectivity index (χ0) is 12.8. The lowest BCUT2D eigenvalue weighted by Gasteiger charge is -2.21. The SMILES string of the molecule is CSc1ccc(CNC(=O)C2CCCNC2)cc1.Cl. The predicted molar refractivity (Wildman–Crippen MR) is 82.9 cm³/mol. The van der Waals surface area contributed by atoms with Crippen LogP contribution < -0.4 is 10.6 Å². The summed E-state index contributed by atoms with van der Waals surface area (Å²) >= 11 is 1.73. The van der Waals surface area contributed by atoms with Crippen molar-refractivity contribution in [3.8, 4) is 0 Å². The molecule has 0 radical (unpaired) electrons. The van der Waals surface area contributed by atoms with Crippen LogP contribution in [0.25, 0.3) is 0 Å². The van der Waals surface area contributed by atoms with E-state index in [0.717, 1.165) is 31.5 Å².